The van der Waals surface area contributed by atoms with Gasteiger partial charge in [0.1, 0.15) is 0 Å². The minimum atomic E-state index is -0.420. The van der Waals surface area contributed by atoms with Crippen LogP contribution >= 0.6 is 15.9 Å². The van der Waals surface area contributed by atoms with Crippen molar-refractivity contribution in [1.29, 1.82) is 0 Å². The van der Waals surface area contributed by atoms with Gasteiger partial charge in [0.25, 0.3) is 5.91 Å². The molecule has 0 spiro atoms. The van der Waals surface area contributed by atoms with Crippen molar-refractivity contribution in [3.05, 3.63) is 64.6 Å². The van der Waals surface area contributed by atoms with Crippen LogP contribution in [0.3, 0.4) is 0 Å². The van der Waals surface area contributed by atoms with E-state index in [-0.39, 0.29) is 18.2 Å². The van der Waals surface area contributed by atoms with Crippen molar-refractivity contribution in [2.75, 3.05) is 11.4 Å². The molecule has 5 heteroatoms. The van der Waals surface area contributed by atoms with Gasteiger partial charge in [-0.3, -0.25) is 9.59 Å². The summed E-state index contributed by atoms with van der Waals surface area (Å²) in [6.07, 6.45) is 2.11. The fourth-order valence-electron chi connectivity index (χ4n) is 2.87. The number of imide groups is 1. The topological polar surface area (TPSA) is 49.4 Å². The standard InChI is InChI=1S/C19H19BrN2O2/c20-15-8-10-16(11-9-15)22-18(23)13-17(19(22)24)21-12-4-7-14-5-2-1-3-6-14/h1-3,5-6,8-11,17,21H,4,7,12-13H2/t17-/m1/s1. The second-order valence-corrected chi connectivity index (χ2v) is 6.76. The number of rotatable bonds is 6. The molecular weight excluding hydrogens is 368 g/mol. The minimum Gasteiger partial charge on any atom is -0.305 e. The van der Waals surface area contributed by atoms with Crippen molar-refractivity contribution >= 4 is 33.4 Å². The second kappa shape index (κ2) is 7.73. The molecule has 1 atom stereocenters. The van der Waals surface area contributed by atoms with Gasteiger partial charge in [-0.15, -0.1) is 0 Å². The smallest absolute Gasteiger partial charge is 0.251 e. The first-order valence-electron chi connectivity index (χ1n) is 8.05. The van der Waals surface area contributed by atoms with Gasteiger partial charge in [0.2, 0.25) is 5.91 Å². The normalized spacial score (nSPS) is 17.5. The maximum atomic E-state index is 12.5. The van der Waals surface area contributed by atoms with Gasteiger partial charge in [-0.05, 0) is 49.2 Å². The third-order valence-corrected chi connectivity index (χ3v) is 4.64. The second-order valence-electron chi connectivity index (χ2n) is 5.84. The van der Waals surface area contributed by atoms with E-state index < -0.39 is 6.04 Å². The SMILES string of the molecule is O=C1C[C@@H](NCCCc2ccccc2)C(=O)N1c1ccc(Br)cc1. The van der Waals surface area contributed by atoms with Crippen molar-refractivity contribution in [2.45, 2.75) is 25.3 Å². The van der Waals surface area contributed by atoms with Crippen LogP contribution in [0.25, 0.3) is 0 Å². The molecule has 3 rings (SSSR count). The lowest BCUT2D eigenvalue weighted by Crippen LogP contribution is -2.39. The summed E-state index contributed by atoms with van der Waals surface area (Å²) >= 11 is 3.36. The Balaban J connectivity index is 1.53. The van der Waals surface area contributed by atoms with Crippen molar-refractivity contribution < 1.29 is 9.59 Å². The molecule has 24 heavy (non-hydrogen) atoms. The van der Waals surface area contributed by atoms with Crippen LogP contribution in [-0.2, 0) is 16.0 Å². The van der Waals surface area contributed by atoms with Gasteiger partial charge in [-0.2, -0.15) is 0 Å². The maximum Gasteiger partial charge on any atom is 0.251 e. The molecule has 0 radical (unpaired) electrons. The molecule has 2 aromatic rings. The molecule has 1 heterocycles. The highest BCUT2D eigenvalue weighted by molar-refractivity contribution is 9.10. The summed E-state index contributed by atoms with van der Waals surface area (Å²) in [6, 6.07) is 17.0. The van der Waals surface area contributed by atoms with E-state index in [9.17, 15) is 9.59 Å². The summed E-state index contributed by atoms with van der Waals surface area (Å²) in [4.78, 5) is 26.0. The number of amides is 2. The highest BCUT2D eigenvalue weighted by Crippen LogP contribution is 2.24. The van der Waals surface area contributed by atoms with Crippen LogP contribution in [0.15, 0.2) is 59.1 Å². The lowest BCUT2D eigenvalue weighted by Gasteiger charge is -2.15. The van der Waals surface area contributed by atoms with E-state index in [4.69, 9.17) is 0 Å². The Morgan fingerprint density at radius 3 is 2.46 bits per heavy atom. The molecule has 2 amide bonds. The first kappa shape index (κ1) is 16.9. The van der Waals surface area contributed by atoms with Gasteiger partial charge in [0, 0.05) is 4.47 Å². The van der Waals surface area contributed by atoms with E-state index in [0.29, 0.717) is 12.2 Å². The summed E-state index contributed by atoms with van der Waals surface area (Å²) in [5.74, 6) is -0.315. The average Bonchev–Trinajstić information content (AvgIpc) is 2.88. The molecule has 1 N–H and O–H groups in total. The summed E-state index contributed by atoms with van der Waals surface area (Å²) in [5, 5.41) is 3.22. The summed E-state index contributed by atoms with van der Waals surface area (Å²) in [5.41, 5.74) is 1.91. The number of aryl methyl sites for hydroxylation is 1. The number of nitrogens with zero attached hydrogens (tertiary/aromatic N) is 1. The number of anilines is 1. The molecule has 1 saturated heterocycles. The van der Waals surface area contributed by atoms with Crippen molar-refractivity contribution in [1.82, 2.24) is 5.32 Å². The molecule has 1 aliphatic rings. The average molecular weight is 387 g/mol. The molecule has 0 bridgehead atoms. The fraction of sp³-hybridized carbons (Fsp3) is 0.263. The highest BCUT2D eigenvalue weighted by atomic mass is 79.9. The van der Waals surface area contributed by atoms with E-state index in [1.165, 1.54) is 10.5 Å². The first-order valence-corrected chi connectivity index (χ1v) is 8.84. The monoisotopic (exact) mass is 386 g/mol. The zero-order valence-corrected chi connectivity index (χ0v) is 14.8. The molecule has 0 aromatic heterocycles. The predicted molar refractivity (Wildman–Crippen MR) is 97.8 cm³/mol. The first-order chi connectivity index (χ1) is 11.6. The van der Waals surface area contributed by atoms with E-state index in [0.717, 1.165) is 17.3 Å². The number of benzene rings is 2. The Morgan fingerprint density at radius 1 is 1.04 bits per heavy atom. The quantitative estimate of drug-likeness (QED) is 0.611. The molecule has 4 nitrogen and oxygen atoms in total. The van der Waals surface area contributed by atoms with Crippen molar-refractivity contribution in [2.24, 2.45) is 0 Å². The molecule has 0 unspecified atom stereocenters. The summed E-state index contributed by atoms with van der Waals surface area (Å²) in [7, 11) is 0. The van der Waals surface area contributed by atoms with Crippen LogP contribution in [0.1, 0.15) is 18.4 Å². The number of carbonyl (C=O) groups excluding carboxylic acids is 2. The molecular formula is C19H19BrN2O2. The van der Waals surface area contributed by atoms with Crippen LogP contribution in [0, 0.1) is 0 Å². The Hall–Kier alpha value is -1.98. The molecule has 0 saturated carbocycles. The molecule has 2 aromatic carbocycles. The molecule has 0 aliphatic carbocycles. The van der Waals surface area contributed by atoms with Gasteiger partial charge in [-0.25, -0.2) is 4.90 Å². The van der Waals surface area contributed by atoms with E-state index in [1.807, 2.05) is 30.3 Å². The zero-order valence-electron chi connectivity index (χ0n) is 13.2. The van der Waals surface area contributed by atoms with Crippen LogP contribution in [-0.4, -0.2) is 24.4 Å². The third-order valence-electron chi connectivity index (χ3n) is 4.11. The van der Waals surface area contributed by atoms with Gasteiger partial charge in [-0.1, -0.05) is 46.3 Å². The fourth-order valence-corrected chi connectivity index (χ4v) is 3.13. The Morgan fingerprint density at radius 2 is 1.75 bits per heavy atom. The number of hydrogen-bond donors (Lipinski definition) is 1. The van der Waals surface area contributed by atoms with Gasteiger partial charge >= 0.3 is 0 Å². The van der Waals surface area contributed by atoms with Crippen LogP contribution in [0.4, 0.5) is 5.69 Å². The predicted octanol–water partition coefficient (Wildman–Crippen LogP) is 3.30. The molecule has 1 aliphatic heterocycles. The Labute approximate surface area is 150 Å². The number of halogens is 1. The zero-order chi connectivity index (χ0) is 16.9. The van der Waals surface area contributed by atoms with Crippen LogP contribution in [0.2, 0.25) is 0 Å². The van der Waals surface area contributed by atoms with Crippen molar-refractivity contribution in [3.63, 3.8) is 0 Å². The highest BCUT2D eigenvalue weighted by Gasteiger charge is 2.38. The molecule has 1 fully saturated rings. The van der Waals surface area contributed by atoms with E-state index in [1.54, 1.807) is 12.1 Å². The van der Waals surface area contributed by atoms with Gasteiger partial charge < -0.3 is 5.32 Å². The number of carbonyl (C=O) groups is 2. The van der Waals surface area contributed by atoms with Gasteiger partial charge in [0.05, 0.1) is 18.2 Å². The Kier molecular flexibility index (Phi) is 5.43. The number of hydrogen-bond acceptors (Lipinski definition) is 3. The maximum absolute atomic E-state index is 12.5. The van der Waals surface area contributed by atoms with Crippen molar-refractivity contribution in [3.8, 4) is 0 Å². The Bertz CT molecular complexity index is 716. The summed E-state index contributed by atoms with van der Waals surface area (Å²) in [6.45, 7) is 0.715. The largest absolute Gasteiger partial charge is 0.305 e. The van der Waals surface area contributed by atoms with Gasteiger partial charge in [0.15, 0.2) is 0 Å². The van der Waals surface area contributed by atoms with Crippen LogP contribution < -0.4 is 10.2 Å². The third kappa shape index (κ3) is 3.91. The lowest BCUT2D eigenvalue weighted by molar-refractivity contribution is -0.121. The van der Waals surface area contributed by atoms with Crippen LogP contribution in [0.5, 0.6) is 0 Å². The lowest BCUT2D eigenvalue weighted by atomic mass is 10.1. The number of nitrogens with one attached hydrogen (secondary N) is 1. The minimum absolute atomic E-state index is 0.150. The van der Waals surface area contributed by atoms with E-state index >= 15 is 0 Å². The molecule has 124 valence electrons. The van der Waals surface area contributed by atoms with E-state index in [2.05, 4.69) is 33.4 Å². The summed E-state index contributed by atoms with van der Waals surface area (Å²) < 4.78 is 0.918.